The van der Waals surface area contributed by atoms with Crippen molar-refractivity contribution in [2.45, 2.75) is 25.7 Å². The van der Waals surface area contributed by atoms with E-state index >= 15 is 0 Å². The minimum Gasteiger partial charge on any atom is -0.463 e. The molecule has 1 fully saturated rings. The lowest BCUT2D eigenvalue weighted by atomic mass is 10.1. The van der Waals surface area contributed by atoms with Crippen LogP contribution in [0.3, 0.4) is 0 Å². The van der Waals surface area contributed by atoms with E-state index in [9.17, 15) is 4.79 Å². The number of hydrogen-bond donors (Lipinski definition) is 1. The Hall–Kier alpha value is -3.07. The summed E-state index contributed by atoms with van der Waals surface area (Å²) in [6, 6.07) is 5.20. The lowest BCUT2D eigenvalue weighted by Gasteiger charge is -2.05. The second-order valence-electron chi connectivity index (χ2n) is 6.15. The van der Waals surface area contributed by atoms with Gasteiger partial charge in [0, 0.05) is 5.92 Å². The number of carbonyl (C=O) groups is 1. The van der Waals surface area contributed by atoms with Gasteiger partial charge in [-0.05, 0) is 38.0 Å². The van der Waals surface area contributed by atoms with Gasteiger partial charge in [-0.25, -0.2) is 4.98 Å². The first-order chi connectivity index (χ1) is 12.7. The number of aromatic nitrogens is 4. The maximum absolute atomic E-state index is 12.9. The fraction of sp³-hybridized carbons (Fsp3) is 0.235. The maximum Gasteiger partial charge on any atom is 0.259 e. The van der Waals surface area contributed by atoms with Crippen molar-refractivity contribution >= 4 is 33.5 Å². The first-order valence-electron chi connectivity index (χ1n) is 8.14. The molecule has 1 N–H and O–H groups in total. The third-order valence-electron chi connectivity index (χ3n) is 4.22. The molecule has 9 heteroatoms. The Balaban J connectivity index is 1.55. The van der Waals surface area contributed by atoms with E-state index in [1.54, 1.807) is 31.4 Å². The summed E-state index contributed by atoms with van der Waals surface area (Å²) in [4.78, 5) is 17.3. The normalized spacial score (nSPS) is 14.0. The van der Waals surface area contributed by atoms with Crippen molar-refractivity contribution < 1.29 is 13.7 Å². The summed E-state index contributed by atoms with van der Waals surface area (Å²) in [6.45, 7) is 1.77. The Labute approximate surface area is 151 Å². The Morgan fingerprint density at radius 2 is 2.23 bits per heavy atom. The number of pyridine rings is 1. The van der Waals surface area contributed by atoms with E-state index in [1.165, 1.54) is 11.3 Å². The fourth-order valence-corrected chi connectivity index (χ4v) is 3.68. The number of hydrogen-bond acceptors (Lipinski definition) is 8. The van der Waals surface area contributed by atoms with Crippen molar-refractivity contribution in [2.24, 2.45) is 0 Å². The molecule has 0 bridgehead atoms. The van der Waals surface area contributed by atoms with Crippen LogP contribution in [0.5, 0.6) is 0 Å². The molecule has 1 aliphatic carbocycles. The topological polar surface area (TPSA) is 107 Å². The molecule has 0 atom stereocenters. The molecule has 26 heavy (non-hydrogen) atoms. The highest BCUT2D eigenvalue weighted by molar-refractivity contribution is 7.15. The lowest BCUT2D eigenvalue weighted by molar-refractivity contribution is 0.102. The monoisotopic (exact) mass is 367 g/mol. The zero-order valence-electron chi connectivity index (χ0n) is 13.7. The highest BCUT2D eigenvalue weighted by atomic mass is 32.1. The number of rotatable bonds is 4. The van der Waals surface area contributed by atoms with Gasteiger partial charge in [-0.3, -0.25) is 10.1 Å². The molecule has 1 aliphatic rings. The molecule has 4 aromatic heterocycles. The van der Waals surface area contributed by atoms with E-state index in [2.05, 4.69) is 25.7 Å². The second kappa shape index (κ2) is 5.73. The van der Waals surface area contributed by atoms with Gasteiger partial charge >= 0.3 is 0 Å². The summed E-state index contributed by atoms with van der Waals surface area (Å²) in [6.07, 6.45) is 3.83. The Morgan fingerprint density at radius 1 is 1.35 bits per heavy atom. The van der Waals surface area contributed by atoms with Crippen LogP contribution in [0.2, 0.25) is 0 Å². The average molecular weight is 367 g/mol. The zero-order chi connectivity index (χ0) is 17.7. The molecule has 0 saturated heterocycles. The first-order valence-corrected chi connectivity index (χ1v) is 8.96. The van der Waals surface area contributed by atoms with Gasteiger partial charge in [0.05, 0.1) is 22.9 Å². The van der Waals surface area contributed by atoms with Crippen LogP contribution in [0.4, 0.5) is 5.13 Å². The Morgan fingerprint density at radius 3 is 3.00 bits per heavy atom. The van der Waals surface area contributed by atoms with Gasteiger partial charge in [0.2, 0.25) is 5.13 Å². The number of amides is 1. The minimum absolute atomic E-state index is 0.289. The van der Waals surface area contributed by atoms with Gasteiger partial charge in [-0.1, -0.05) is 16.5 Å². The molecule has 1 saturated carbocycles. The van der Waals surface area contributed by atoms with Gasteiger partial charge in [0.25, 0.3) is 11.6 Å². The van der Waals surface area contributed by atoms with Crippen molar-refractivity contribution in [3.05, 3.63) is 40.7 Å². The molecule has 0 unspecified atom stereocenters. The predicted molar refractivity (Wildman–Crippen MR) is 94.1 cm³/mol. The van der Waals surface area contributed by atoms with E-state index in [1.807, 2.05) is 0 Å². The average Bonchev–Trinajstić information content (AvgIpc) is 3.03. The number of nitrogens with zero attached hydrogens (tertiary/aromatic N) is 4. The quantitative estimate of drug-likeness (QED) is 0.585. The van der Waals surface area contributed by atoms with Gasteiger partial charge in [-0.15, -0.1) is 10.2 Å². The molecule has 1 amide bonds. The number of nitrogens with one attached hydrogen (secondary N) is 1. The summed E-state index contributed by atoms with van der Waals surface area (Å²) in [7, 11) is 0. The van der Waals surface area contributed by atoms with Crippen molar-refractivity contribution in [2.75, 3.05) is 5.32 Å². The van der Waals surface area contributed by atoms with E-state index in [-0.39, 0.29) is 11.6 Å². The maximum atomic E-state index is 12.9. The molecular weight excluding hydrogens is 354 g/mol. The molecule has 4 heterocycles. The zero-order valence-corrected chi connectivity index (χ0v) is 14.5. The smallest absolute Gasteiger partial charge is 0.259 e. The SMILES string of the molecule is Cc1noc2nc(-c3ccco3)cc(C(=O)Nc3nnc(C4CC4)s3)c12. The molecular formula is C17H13N5O3S. The summed E-state index contributed by atoms with van der Waals surface area (Å²) < 4.78 is 10.7. The molecule has 0 radical (unpaired) electrons. The van der Waals surface area contributed by atoms with E-state index < -0.39 is 0 Å². The number of fused-ring (bicyclic) bond motifs is 1. The molecule has 4 aromatic rings. The van der Waals surface area contributed by atoms with Crippen LogP contribution in [0, 0.1) is 6.92 Å². The molecule has 0 aromatic carbocycles. The van der Waals surface area contributed by atoms with Crippen molar-refractivity contribution in [1.82, 2.24) is 20.3 Å². The van der Waals surface area contributed by atoms with Crippen LogP contribution in [0.15, 0.2) is 33.4 Å². The molecule has 0 aliphatic heterocycles. The van der Waals surface area contributed by atoms with E-state index in [4.69, 9.17) is 8.94 Å². The standard InChI is InChI=1S/C17H13N5O3S/c1-8-13-10(14(23)19-17-21-20-16(26-17)9-4-5-9)7-11(12-3-2-6-24-12)18-15(13)25-22-8/h2-3,6-7,9H,4-5H2,1H3,(H,19,21,23). The van der Waals surface area contributed by atoms with Gasteiger partial charge in [-0.2, -0.15) is 0 Å². The van der Waals surface area contributed by atoms with E-state index in [0.29, 0.717) is 39.1 Å². The summed E-state index contributed by atoms with van der Waals surface area (Å²) in [5, 5.41) is 17.0. The third kappa shape index (κ3) is 2.57. The van der Waals surface area contributed by atoms with Crippen LogP contribution >= 0.6 is 11.3 Å². The highest BCUT2D eigenvalue weighted by Crippen LogP contribution is 2.42. The van der Waals surface area contributed by atoms with Crippen molar-refractivity contribution in [3.63, 3.8) is 0 Å². The van der Waals surface area contributed by atoms with E-state index in [0.717, 1.165) is 17.8 Å². The predicted octanol–water partition coefficient (Wildman–Crippen LogP) is 3.77. The molecule has 8 nitrogen and oxygen atoms in total. The van der Waals surface area contributed by atoms with Crippen LogP contribution in [-0.2, 0) is 0 Å². The second-order valence-corrected chi connectivity index (χ2v) is 7.16. The third-order valence-corrected chi connectivity index (χ3v) is 5.22. The van der Waals surface area contributed by atoms with Crippen LogP contribution in [-0.4, -0.2) is 26.2 Å². The van der Waals surface area contributed by atoms with Gasteiger partial charge in [0.1, 0.15) is 10.7 Å². The number of aryl methyl sites for hydroxylation is 1. The summed E-state index contributed by atoms with van der Waals surface area (Å²) in [5.74, 6) is 0.730. The summed E-state index contributed by atoms with van der Waals surface area (Å²) in [5.41, 5.74) is 1.79. The fourth-order valence-electron chi connectivity index (χ4n) is 2.77. The number of furan rings is 1. The lowest BCUT2D eigenvalue weighted by Crippen LogP contribution is -2.13. The van der Waals surface area contributed by atoms with Crippen LogP contribution in [0.25, 0.3) is 22.6 Å². The van der Waals surface area contributed by atoms with Crippen molar-refractivity contribution in [3.8, 4) is 11.5 Å². The van der Waals surface area contributed by atoms with Crippen LogP contribution < -0.4 is 5.32 Å². The first kappa shape index (κ1) is 15.2. The highest BCUT2D eigenvalue weighted by Gasteiger charge is 2.28. The van der Waals surface area contributed by atoms with Crippen LogP contribution in [0.1, 0.15) is 39.8 Å². The number of anilines is 1. The largest absolute Gasteiger partial charge is 0.463 e. The molecule has 0 spiro atoms. The molecule has 130 valence electrons. The Kier molecular flexibility index (Phi) is 3.35. The number of carbonyl (C=O) groups excluding carboxylic acids is 1. The van der Waals surface area contributed by atoms with Gasteiger partial charge < -0.3 is 8.94 Å². The van der Waals surface area contributed by atoms with Gasteiger partial charge in [0.15, 0.2) is 5.76 Å². The minimum atomic E-state index is -0.310. The Bertz CT molecular complexity index is 1110. The molecule has 5 rings (SSSR count). The summed E-state index contributed by atoms with van der Waals surface area (Å²) >= 11 is 1.41. The van der Waals surface area contributed by atoms with Crippen molar-refractivity contribution in [1.29, 1.82) is 0 Å².